The number of aromatic amines is 1. The number of hydrogen-bond donors (Lipinski definition) is 1. The van der Waals surface area contributed by atoms with E-state index >= 15 is 0 Å². The van der Waals surface area contributed by atoms with Gasteiger partial charge in [-0.1, -0.05) is 24.3 Å². The highest BCUT2D eigenvalue weighted by Crippen LogP contribution is 2.30. The van der Waals surface area contributed by atoms with Crippen molar-refractivity contribution in [3.05, 3.63) is 64.4 Å². The molecule has 0 bridgehead atoms. The molecular weight excluding hydrogens is 292 g/mol. The Morgan fingerprint density at radius 3 is 3.00 bits per heavy atom. The van der Waals surface area contributed by atoms with Crippen molar-refractivity contribution in [3.63, 3.8) is 0 Å². The molecule has 5 nitrogen and oxygen atoms in total. The Labute approximate surface area is 124 Å². The third kappa shape index (κ3) is 2.73. The second-order valence-electron chi connectivity index (χ2n) is 4.59. The second-order valence-corrected chi connectivity index (χ2v) is 4.90. The van der Waals surface area contributed by atoms with Crippen LogP contribution in [-0.4, -0.2) is 15.4 Å². The predicted molar refractivity (Wildman–Crippen MR) is 79.3 cm³/mol. The molecule has 1 aromatic heterocycles. The van der Waals surface area contributed by atoms with Gasteiger partial charge in [0.25, 0.3) is 5.56 Å². The highest BCUT2D eigenvalue weighted by Gasteiger charge is 2.23. The minimum absolute atomic E-state index is 0.221. The smallest absolute Gasteiger partial charge is 0.408 e. The number of halogens is 1. The Hall–Kier alpha value is -2.40. The maximum atomic E-state index is 12.1. The van der Waals surface area contributed by atoms with Crippen LogP contribution < -0.4 is 5.56 Å². The lowest BCUT2D eigenvalue weighted by atomic mass is 9.97. The molecule has 1 heterocycles. The van der Waals surface area contributed by atoms with Gasteiger partial charge in [-0.25, -0.2) is 9.78 Å². The van der Waals surface area contributed by atoms with Gasteiger partial charge < -0.3 is 9.72 Å². The molecule has 2 aromatic rings. The van der Waals surface area contributed by atoms with Crippen LogP contribution in [0.4, 0.5) is 4.79 Å². The molecule has 3 rings (SSSR count). The summed E-state index contributed by atoms with van der Waals surface area (Å²) < 4.78 is 4.98. The SMILES string of the molecule is O=C(Cl)OC1=CC=CCC1c1nc2ccccc2c(=O)[nH]1. The Morgan fingerprint density at radius 2 is 2.19 bits per heavy atom. The molecule has 0 saturated carbocycles. The summed E-state index contributed by atoms with van der Waals surface area (Å²) in [5.74, 6) is 0.484. The Kier molecular flexibility index (Phi) is 3.58. The van der Waals surface area contributed by atoms with Gasteiger partial charge >= 0.3 is 5.43 Å². The number of aromatic nitrogens is 2. The molecule has 0 saturated heterocycles. The fourth-order valence-corrected chi connectivity index (χ4v) is 2.41. The maximum absolute atomic E-state index is 12.1. The third-order valence-electron chi connectivity index (χ3n) is 3.27. The molecule has 1 aliphatic rings. The quantitative estimate of drug-likeness (QED) is 0.865. The molecule has 0 spiro atoms. The highest BCUT2D eigenvalue weighted by atomic mass is 35.5. The van der Waals surface area contributed by atoms with E-state index in [0.29, 0.717) is 28.9 Å². The largest absolute Gasteiger partial charge is 0.418 e. The lowest BCUT2D eigenvalue weighted by molar-refractivity contribution is 0.196. The molecule has 1 N–H and O–H groups in total. The first-order valence-corrected chi connectivity index (χ1v) is 6.76. The number of ether oxygens (including phenoxy) is 1. The van der Waals surface area contributed by atoms with Gasteiger partial charge in [0.1, 0.15) is 11.6 Å². The second kappa shape index (κ2) is 5.54. The van der Waals surface area contributed by atoms with Crippen molar-refractivity contribution in [1.29, 1.82) is 0 Å². The number of fused-ring (bicyclic) bond motifs is 1. The average Bonchev–Trinajstić information content (AvgIpc) is 2.47. The van der Waals surface area contributed by atoms with Crippen molar-refractivity contribution >= 4 is 27.9 Å². The van der Waals surface area contributed by atoms with Crippen molar-refractivity contribution in [2.45, 2.75) is 12.3 Å². The van der Waals surface area contributed by atoms with Crippen LogP contribution in [0.15, 0.2) is 53.0 Å². The summed E-state index contributed by atoms with van der Waals surface area (Å²) in [7, 11) is 0. The summed E-state index contributed by atoms with van der Waals surface area (Å²) in [5.41, 5.74) is -0.534. The highest BCUT2D eigenvalue weighted by molar-refractivity contribution is 6.61. The number of benzene rings is 1. The van der Waals surface area contributed by atoms with Crippen LogP contribution in [0.2, 0.25) is 0 Å². The number of H-pyrrole nitrogens is 1. The van der Waals surface area contributed by atoms with Gasteiger partial charge in [-0.15, -0.1) is 0 Å². The number of carbonyl (C=O) groups excluding carboxylic acids is 1. The number of carbonyl (C=O) groups is 1. The molecule has 21 heavy (non-hydrogen) atoms. The predicted octanol–water partition coefficient (Wildman–Crippen LogP) is 3.23. The first kappa shape index (κ1) is 13.6. The lowest BCUT2D eigenvalue weighted by Gasteiger charge is -2.19. The monoisotopic (exact) mass is 302 g/mol. The van der Waals surface area contributed by atoms with E-state index in [9.17, 15) is 9.59 Å². The van der Waals surface area contributed by atoms with E-state index in [1.807, 2.05) is 12.1 Å². The summed E-state index contributed by atoms with van der Waals surface area (Å²) in [6.45, 7) is 0. The van der Waals surface area contributed by atoms with Crippen LogP contribution in [0.3, 0.4) is 0 Å². The summed E-state index contributed by atoms with van der Waals surface area (Å²) >= 11 is 5.27. The van der Waals surface area contributed by atoms with Crippen LogP contribution in [-0.2, 0) is 4.74 Å². The summed E-state index contributed by atoms with van der Waals surface area (Å²) in [6, 6.07) is 7.07. The molecule has 1 atom stereocenters. The summed E-state index contributed by atoms with van der Waals surface area (Å²) in [4.78, 5) is 30.3. The molecule has 106 valence electrons. The minimum atomic E-state index is -0.912. The standard InChI is InChI=1S/C15H11ClN2O3/c16-15(20)21-12-8-4-2-6-10(12)13-17-11-7-3-1-5-9(11)14(19)18-13/h1-5,7-8,10H,6H2,(H,17,18,19). The molecule has 0 amide bonds. The van der Waals surface area contributed by atoms with Crippen molar-refractivity contribution in [1.82, 2.24) is 9.97 Å². The van der Waals surface area contributed by atoms with E-state index in [2.05, 4.69) is 9.97 Å². The molecule has 1 aliphatic carbocycles. The maximum Gasteiger partial charge on any atom is 0.408 e. The van der Waals surface area contributed by atoms with Crippen molar-refractivity contribution in [2.24, 2.45) is 0 Å². The van der Waals surface area contributed by atoms with Gasteiger partial charge in [-0.05, 0) is 24.6 Å². The third-order valence-corrected chi connectivity index (χ3v) is 3.35. The van der Waals surface area contributed by atoms with Gasteiger partial charge in [-0.2, -0.15) is 0 Å². The molecule has 1 unspecified atom stereocenters. The van der Waals surface area contributed by atoms with E-state index in [1.54, 1.807) is 30.4 Å². The van der Waals surface area contributed by atoms with Gasteiger partial charge in [-0.3, -0.25) is 4.79 Å². The average molecular weight is 303 g/mol. The van der Waals surface area contributed by atoms with Crippen molar-refractivity contribution < 1.29 is 9.53 Å². The Bertz CT molecular complexity index is 823. The summed E-state index contributed by atoms with van der Waals surface area (Å²) in [5, 5.41) is 0.521. The zero-order valence-corrected chi connectivity index (χ0v) is 11.6. The number of nitrogens with zero attached hydrogens (tertiary/aromatic N) is 1. The summed E-state index contributed by atoms with van der Waals surface area (Å²) in [6.07, 6.45) is 5.89. The zero-order chi connectivity index (χ0) is 14.8. The number of para-hydroxylation sites is 1. The number of rotatable bonds is 2. The van der Waals surface area contributed by atoms with Gasteiger partial charge in [0.05, 0.1) is 16.8 Å². The van der Waals surface area contributed by atoms with Crippen LogP contribution in [0.1, 0.15) is 18.2 Å². The van der Waals surface area contributed by atoms with Gasteiger partial charge in [0.15, 0.2) is 0 Å². The van der Waals surface area contributed by atoms with Crippen molar-refractivity contribution in [2.75, 3.05) is 0 Å². The molecule has 6 heteroatoms. The van der Waals surface area contributed by atoms with Crippen LogP contribution in [0.25, 0.3) is 10.9 Å². The van der Waals surface area contributed by atoms with Gasteiger partial charge in [0, 0.05) is 11.6 Å². The van der Waals surface area contributed by atoms with Crippen LogP contribution in [0, 0.1) is 0 Å². The van der Waals surface area contributed by atoms with E-state index < -0.39 is 5.43 Å². The van der Waals surface area contributed by atoms with Crippen LogP contribution in [0.5, 0.6) is 0 Å². The topological polar surface area (TPSA) is 72.0 Å². The van der Waals surface area contributed by atoms with E-state index in [-0.39, 0.29) is 11.5 Å². The molecule has 1 aromatic carbocycles. The molecular formula is C15H11ClN2O3. The normalized spacial score (nSPS) is 17.6. The Balaban J connectivity index is 2.07. The Morgan fingerprint density at radius 1 is 1.38 bits per heavy atom. The van der Waals surface area contributed by atoms with Crippen LogP contribution >= 0.6 is 11.6 Å². The molecule has 0 aliphatic heterocycles. The fraction of sp³-hybridized carbons (Fsp3) is 0.133. The van der Waals surface area contributed by atoms with E-state index in [0.717, 1.165) is 0 Å². The zero-order valence-electron chi connectivity index (χ0n) is 10.9. The molecule has 0 radical (unpaired) electrons. The lowest BCUT2D eigenvalue weighted by Crippen LogP contribution is -2.18. The first-order valence-electron chi connectivity index (χ1n) is 6.38. The number of allylic oxidation sites excluding steroid dienone is 4. The van der Waals surface area contributed by atoms with Gasteiger partial charge in [0.2, 0.25) is 0 Å². The fourth-order valence-electron chi connectivity index (χ4n) is 2.32. The minimum Gasteiger partial charge on any atom is -0.418 e. The van der Waals surface area contributed by atoms with E-state index in [1.165, 1.54) is 0 Å². The molecule has 0 fully saturated rings. The first-order chi connectivity index (χ1) is 10.1. The number of nitrogens with one attached hydrogen (secondary N) is 1. The van der Waals surface area contributed by atoms with E-state index in [4.69, 9.17) is 16.3 Å². The number of hydrogen-bond acceptors (Lipinski definition) is 4. The van der Waals surface area contributed by atoms with Crippen molar-refractivity contribution in [3.8, 4) is 0 Å².